The van der Waals surface area contributed by atoms with Crippen LogP contribution >= 0.6 is 11.8 Å². The molecule has 0 aliphatic carbocycles. The van der Waals surface area contributed by atoms with E-state index in [9.17, 15) is 4.79 Å². The summed E-state index contributed by atoms with van der Waals surface area (Å²) in [7, 11) is 0. The van der Waals surface area contributed by atoms with Gasteiger partial charge in [-0.15, -0.1) is 0 Å². The molecule has 1 aliphatic heterocycles. The van der Waals surface area contributed by atoms with Crippen LogP contribution in [0.25, 0.3) is 0 Å². The molecule has 0 saturated carbocycles. The third-order valence-corrected chi connectivity index (χ3v) is 6.64. The fourth-order valence-electron chi connectivity index (χ4n) is 3.63. The lowest BCUT2D eigenvalue weighted by atomic mass is 10.0. The number of carbonyl (C=O) groups excluding carboxylic acids is 1. The van der Waals surface area contributed by atoms with Gasteiger partial charge in [0.25, 0.3) is 5.91 Å². The van der Waals surface area contributed by atoms with E-state index in [1.54, 1.807) is 18.0 Å². The molecule has 2 aromatic carbocycles. The molecule has 3 aromatic rings. The second kappa shape index (κ2) is 12.9. The van der Waals surface area contributed by atoms with Crippen molar-refractivity contribution in [2.24, 2.45) is 4.99 Å². The quantitative estimate of drug-likeness (QED) is 0.286. The van der Waals surface area contributed by atoms with Gasteiger partial charge in [0.05, 0.1) is 17.1 Å². The van der Waals surface area contributed by atoms with E-state index < -0.39 is 0 Å². The first kappa shape index (κ1) is 26.2. The summed E-state index contributed by atoms with van der Waals surface area (Å²) >= 11 is 1.67. The van der Waals surface area contributed by atoms with Gasteiger partial charge in [0, 0.05) is 33.7 Å². The van der Waals surface area contributed by atoms with Crippen molar-refractivity contribution in [3.63, 3.8) is 0 Å². The number of aryl methyl sites for hydroxylation is 1. The number of benzene rings is 2. The Bertz CT molecular complexity index is 1270. The van der Waals surface area contributed by atoms with Crippen LogP contribution in [-0.2, 0) is 0 Å². The van der Waals surface area contributed by atoms with E-state index in [-0.39, 0.29) is 5.91 Å². The number of rotatable bonds is 6. The number of hydrogen-bond donors (Lipinski definition) is 1. The van der Waals surface area contributed by atoms with E-state index in [4.69, 9.17) is 4.99 Å². The first-order valence-electron chi connectivity index (χ1n) is 12.1. The third kappa shape index (κ3) is 6.37. The predicted octanol–water partition coefficient (Wildman–Crippen LogP) is 7.69. The Morgan fingerprint density at radius 1 is 1.06 bits per heavy atom. The number of carbonyl (C=O) groups is 1. The number of nitrogens with one attached hydrogen (secondary N) is 1. The van der Waals surface area contributed by atoms with Crippen molar-refractivity contribution in [2.75, 3.05) is 6.54 Å². The summed E-state index contributed by atoms with van der Waals surface area (Å²) in [6.07, 6.45) is 8.72. The first-order chi connectivity index (χ1) is 17.1. The third-order valence-electron chi connectivity index (χ3n) is 5.50. The number of aliphatic imine (C=N–C) groups is 1. The summed E-state index contributed by atoms with van der Waals surface area (Å²) in [6, 6.07) is 18.0. The molecule has 0 bridgehead atoms. The largest absolute Gasteiger partial charge is 0.348 e. The maximum absolute atomic E-state index is 12.9. The van der Waals surface area contributed by atoms with Crippen LogP contribution in [0.4, 0.5) is 5.69 Å². The molecular formula is C30H33N3OS. The van der Waals surface area contributed by atoms with Crippen LogP contribution in [0.2, 0.25) is 0 Å². The first-order valence-corrected chi connectivity index (χ1v) is 12.9. The van der Waals surface area contributed by atoms with E-state index in [1.807, 2.05) is 82.3 Å². The number of allylic oxidation sites excluding steroid dienone is 3. The summed E-state index contributed by atoms with van der Waals surface area (Å²) in [6.45, 7) is 10.6. The van der Waals surface area contributed by atoms with Crippen molar-refractivity contribution >= 4 is 29.1 Å². The topological polar surface area (TPSA) is 54.4 Å². The predicted molar refractivity (Wildman–Crippen MR) is 148 cm³/mol. The zero-order valence-corrected chi connectivity index (χ0v) is 21.9. The molecule has 1 N–H and O–H groups in total. The monoisotopic (exact) mass is 483 g/mol. The van der Waals surface area contributed by atoms with E-state index >= 15 is 0 Å². The smallest absolute Gasteiger partial charge is 0.251 e. The second-order valence-corrected chi connectivity index (χ2v) is 8.88. The number of aromatic nitrogens is 1. The molecule has 4 nitrogen and oxygen atoms in total. The normalized spacial score (nSPS) is 12.6. The number of hydrogen-bond acceptors (Lipinski definition) is 4. The summed E-state index contributed by atoms with van der Waals surface area (Å²) in [5.41, 5.74) is 6.35. The fourth-order valence-corrected chi connectivity index (χ4v) is 4.63. The van der Waals surface area contributed by atoms with Crippen LogP contribution in [0.15, 0.2) is 99.4 Å². The van der Waals surface area contributed by atoms with Gasteiger partial charge in [0.1, 0.15) is 0 Å². The number of amides is 1. The molecule has 35 heavy (non-hydrogen) atoms. The SMILES string of the molecule is C/C=C\C=C(/CC)CNC(=O)c1ccc2c(c1)N=C(c1ncccc1C)c1ccccc1S2.CC. The van der Waals surface area contributed by atoms with Crippen LogP contribution in [-0.4, -0.2) is 23.1 Å². The molecule has 1 aliphatic rings. The van der Waals surface area contributed by atoms with Gasteiger partial charge in [0.15, 0.2) is 0 Å². The van der Waals surface area contributed by atoms with Crippen molar-refractivity contribution in [2.45, 2.75) is 50.8 Å². The number of nitrogens with zero attached hydrogens (tertiary/aromatic N) is 2. The lowest BCUT2D eigenvalue weighted by Gasteiger charge is -2.10. The Hall–Kier alpha value is -3.44. The molecule has 180 valence electrons. The minimum absolute atomic E-state index is 0.102. The molecule has 0 atom stereocenters. The molecule has 0 saturated heterocycles. The van der Waals surface area contributed by atoms with Crippen LogP contribution in [0.5, 0.6) is 0 Å². The minimum atomic E-state index is -0.102. The number of pyridine rings is 1. The number of fused-ring (bicyclic) bond motifs is 2. The van der Waals surface area contributed by atoms with E-state index in [2.05, 4.69) is 35.4 Å². The molecule has 0 unspecified atom stereocenters. The highest BCUT2D eigenvalue weighted by molar-refractivity contribution is 7.99. The summed E-state index contributed by atoms with van der Waals surface area (Å²) in [4.78, 5) is 24.7. The van der Waals surface area contributed by atoms with Gasteiger partial charge < -0.3 is 5.32 Å². The molecule has 0 fully saturated rings. The maximum Gasteiger partial charge on any atom is 0.251 e. The van der Waals surface area contributed by atoms with E-state index in [0.29, 0.717) is 12.1 Å². The summed E-state index contributed by atoms with van der Waals surface area (Å²) in [5.74, 6) is -0.102. The van der Waals surface area contributed by atoms with Crippen molar-refractivity contribution in [3.8, 4) is 0 Å². The van der Waals surface area contributed by atoms with Crippen LogP contribution in [0.3, 0.4) is 0 Å². The highest BCUT2D eigenvalue weighted by atomic mass is 32.2. The average Bonchev–Trinajstić information content (AvgIpc) is 3.06. The van der Waals surface area contributed by atoms with Gasteiger partial charge in [-0.1, -0.05) is 80.6 Å². The van der Waals surface area contributed by atoms with Crippen molar-refractivity contribution in [3.05, 3.63) is 107 Å². The average molecular weight is 484 g/mol. The second-order valence-electron chi connectivity index (χ2n) is 7.80. The van der Waals surface area contributed by atoms with Gasteiger partial charge in [-0.25, -0.2) is 4.99 Å². The molecule has 0 spiro atoms. The van der Waals surface area contributed by atoms with Crippen LogP contribution in [0.1, 0.15) is 61.3 Å². The maximum atomic E-state index is 12.9. The Morgan fingerprint density at radius 3 is 2.60 bits per heavy atom. The Balaban J connectivity index is 0.00000167. The van der Waals surface area contributed by atoms with E-state index in [1.165, 1.54) is 5.57 Å². The minimum Gasteiger partial charge on any atom is -0.348 e. The standard InChI is InChI=1S/C28H27N3OS.C2H6/c1-4-6-11-20(5-2)18-30-28(32)21-14-15-25-23(17-21)31-27(26-19(3)10-9-16-29-26)22-12-7-8-13-24(22)33-25;1-2/h4,6-17H,5,18H2,1-3H3,(H,30,32);1-2H3/b6-4-,20-11+;. The van der Waals surface area contributed by atoms with Gasteiger partial charge >= 0.3 is 0 Å². The zero-order chi connectivity index (χ0) is 25.2. The lowest BCUT2D eigenvalue weighted by molar-refractivity contribution is 0.0956. The summed E-state index contributed by atoms with van der Waals surface area (Å²) < 4.78 is 0. The van der Waals surface area contributed by atoms with Gasteiger partial charge in [0.2, 0.25) is 0 Å². The highest BCUT2D eigenvalue weighted by Crippen LogP contribution is 2.41. The molecule has 1 amide bonds. The van der Waals surface area contributed by atoms with Crippen molar-refractivity contribution in [1.29, 1.82) is 0 Å². The molecule has 2 heterocycles. The molecule has 4 rings (SSSR count). The van der Waals surface area contributed by atoms with E-state index in [0.717, 1.165) is 44.4 Å². The van der Waals surface area contributed by atoms with Gasteiger partial charge in [-0.05, 0) is 56.2 Å². The Labute approximate surface area is 213 Å². The molecule has 0 radical (unpaired) electrons. The molecular weight excluding hydrogens is 450 g/mol. The summed E-state index contributed by atoms with van der Waals surface area (Å²) in [5, 5.41) is 3.04. The zero-order valence-electron chi connectivity index (χ0n) is 21.1. The fraction of sp³-hybridized carbons (Fsp3) is 0.233. The Morgan fingerprint density at radius 2 is 1.86 bits per heavy atom. The van der Waals surface area contributed by atoms with Crippen LogP contribution < -0.4 is 5.32 Å². The Kier molecular flexibility index (Phi) is 9.62. The van der Waals surface area contributed by atoms with Crippen molar-refractivity contribution in [1.82, 2.24) is 10.3 Å². The molecule has 5 heteroatoms. The van der Waals surface area contributed by atoms with Gasteiger partial charge in [-0.2, -0.15) is 0 Å². The van der Waals surface area contributed by atoms with Gasteiger partial charge in [-0.3, -0.25) is 9.78 Å². The highest BCUT2D eigenvalue weighted by Gasteiger charge is 2.21. The van der Waals surface area contributed by atoms with Crippen LogP contribution in [0, 0.1) is 6.92 Å². The molecule has 1 aromatic heterocycles. The van der Waals surface area contributed by atoms with Crippen molar-refractivity contribution < 1.29 is 4.79 Å². The lowest BCUT2D eigenvalue weighted by Crippen LogP contribution is -2.25.